The molecule has 0 aliphatic heterocycles. The molecule has 1 aromatic rings. The average Bonchev–Trinajstić information content (AvgIpc) is 2.39. The van der Waals surface area contributed by atoms with Crippen molar-refractivity contribution in [1.29, 1.82) is 0 Å². The lowest BCUT2D eigenvalue weighted by Crippen LogP contribution is -2.28. The zero-order chi connectivity index (χ0) is 13.4. The number of hydrogen-bond donors (Lipinski definition) is 1. The van der Waals surface area contributed by atoms with Crippen molar-refractivity contribution in [2.45, 2.75) is 33.2 Å². The van der Waals surface area contributed by atoms with E-state index in [9.17, 15) is 0 Å². The fourth-order valence-electron chi connectivity index (χ4n) is 2.10. The third kappa shape index (κ3) is 4.97. The van der Waals surface area contributed by atoms with Crippen molar-refractivity contribution in [3.63, 3.8) is 0 Å². The summed E-state index contributed by atoms with van der Waals surface area (Å²) in [6, 6.07) is 8.36. The van der Waals surface area contributed by atoms with E-state index >= 15 is 0 Å². The molecule has 1 atom stereocenters. The number of benzene rings is 1. The standard InChI is InChI=1S/C15H25ClN2/c1-4-18(5-2)12-8-11-17-13(3)14-9-6-7-10-15(14)16/h6-7,9-10,13,17H,4-5,8,11-12H2,1-3H3. The number of rotatable bonds is 8. The van der Waals surface area contributed by atoms with Crippen molar-refractivity contribution in [1.82, 2.24) is 10.2 Å². The summed E-state index contributed by atoms with van der Waals surface area (Å²) in [5, 5.41) is 4.38. The number of halogens is 1. The summed E-state index contributed by atoms with van der Waals surface area (Å²) in [5.41, 5.74) is 1.18. The van der Waals surface area contributed by atoms with Crippen molar-refractivity contribution in [2.24, 2.45) is 0 Å². The highest BCUT2D eigenvalue weighted by molar-refractivity contribution is 6.31. The van der Waals surface area contributed by atoms with Gasteiger partial charge in [-0.2, -0.15) is 0 Å². The van der Waals surface area contributed by atoms with Crippen molar-refractivity contribution in [3.8, 4) is 0 Å². The summed E-state index contributed by atoms with van der Waals surface area (Å²) in [6.45, 7) is 11.1. The van der Waals surface area contributed by atoms with Crippen molar-refractivity contribution in [3.05, 3.63) is 34.9 Å². The lowest BCUT2D eigenvalue weighted by atomic mass is 10.1. The Morgan fingerprint density at radius 3 is 2.50 bits per heavy atom. The van der Waals surface area contributed by atoms with Gasteiger partial charge in [0.05, 0.1) is 0 Å². The van der Waals surface area contributed by atoms with E-state index in [1.165, 1.54) is 12.0 Å². The molecular weight excluding hydrogens is 244 g/mol. The van der Waals surface area contributed by atoms with Crippen molar-refractivity contribution < 1.29 is 0 Å². The SMILES string of the molecule is CCN(CC)CCCNC(C)c1ccccc1Cl. The largest absolute Gasteiger partial charge is 0.310 e. The molecule has 2 nitrogen and oxygen atoms in total. The van der Waals surface area contributed by atoms with E-state index < -0.39 is 0 Å². The van der Waals surface area contributed by atoms with Crippen LogP contribution < -0.4 is 5.32 Å². The second-order valence-corrected chi connectivity index (χ2v) is 4.98. The molecule has 18 heavy (non-hydrogen) atoms. The third-order valence-electron chi connectivity index (χ3n) is 3.37. The van der Waals surface area contributed by atoms with Crippen LogP contribution in [0.2, 0.25) is 5.02 Å². The van der Waals surface area contributed by atoms with Crippen LogP contribution in [0.25, 0.3) is 0 Å². The van der Waals surface area contributed by atoms with Gasteiger partial charge < -0.3 is 10.2 Å². The maximum Gasteiger partial charge on any atom is 0.0453 e. The maximum absolute atomic E-state index is 6.18. The minimum atomic E-state index is 0.315. The summed E-state index contributed by atoms with van der Waals surface area (Å²) in [6.07, 6.45) is 1.18. The molecular formula is C15H25ClN2. The summed E-state index contributed by atoms with van der Waals surface area (Å²) in [5.74, 6) is 0. The Bertz CT molecular complexity index is 337. The zero-order valence-corrected chi connectivity index (χ0v) is 12.5. The molecule has 1 aromatic carbocycles. The number of nitrogens with zero attached hydrogens (tertiary/aromatic N) is 1. The first-order chi connectivity index (χ1) is 8.69. The molecule has 0 bridgehead atoms. The van der Waals surface area contributed by atoms with E-state index in [-0.39, 0.29) is 0 Å². The molecule has 0 amide bonds. The Morgan fingerprint density at radius 1 is 1.22 bits per heavy atom. The Kier molecular flexibility index (Phi) is 7.33. The molecule has 102 valence electrons. The molecule has 0 saturated carbocycles. The van der Waals surface area contributed by atoms with Crippen LogP contribution in [0.3, 0.4) is 0 Å². The Labute approximate surface area is 116 Å². The van der Waals surface area contributed by atoms with Gasteiger partial charge in [-0.1, -0.05) is 43.6 Å². The number of nitrogens with one attached hydrogen (secondary N) is 1. The fraction of sp³-hybridized carbons (Fsp3) is 0.600. The molecule has 0 aliphatic carbocycles. The van der Waals surface area contributed by atoms with Gasteiger partial charge in [-0.25, -0.2) is 0 Å². The topological polar surface area (TPSA) is 15.3 Å². The smallest absolute Gasteiger partial charge is 0.0453 e. The third-order valence-corrected chi connectivity index (χ3v) is 3.71. The van der Waals surface area contributed by atoms with Gasteiger partial charge in [-0.15, -0.1) is 0 Å². The zero-order valence-electron chi connectivity index (χ0n) is 11.7. The van der Waals surface area contributed by atoms with E-state index in [1.54, 1.807) is 0 Å². The molecule has 0 heterocycles. The normalized spacial score (nSPS) is 12.9. The molecule has 3 heteroatoms. The predicted molar refractivity (Wildman–Crippen MR) is 80.3 cm³/mol. The van der Waals surface area contributed by atoms with Gasteiger partial charge in [0.1, 0.15) is 0 Å². The summed E-state index contributed by atoms with van der Waals surface area (Å²) in [7, 11) is 0. The summed E-state index contributed by atoms with van der Waals surface area (Å²) < 4.78 is 0. The van der Waals surface area contributed by atoms with E-state index in [0.29, 0.717) is 6.04 Å². The van der Waals surface area contributed by atoms with Gasteiger partial charge in [0.2, 0.25) is 0 Å². The van der Waals surface area contributed by atoms with E-state index in [4.69, 9.17) is 11.6 Å². The van der Waals surface area contributed by atoms with Crippen LogP contribution in [0, 0.1) is 0 Å². The monoisotopic (exact) mass is 268 g/mol. The van der Waals surface area contributed by atoms with Gasteiger partial charge in [0, 0.05) is 11.1 Å². The molecule has 0 aromatic heterocycles. The molecule has 0 aliphatic rings. The molecule has 0 saturated heterocycles. The minimum Gasteiger partial charge on any atom is -0.310 e. The quantitative estimate of drug-likeness (QED) is 0.723. The molecule has 1 rings (SSSR count). The predicted octanol–water partition coefficient (Wildman–Crippen LogP) is 3.72. The lowest BCUT2D eigenvalue weighted by molar-refractivity contribution is 0.296. The first-order valence-corrected chi connectivity index (χ1v) is 7.27. The van der Waals surface area contributed by atoms with Gasteiger partial charge in [-0.3, -0.25) is 0 Å². The second kappa shape index (κ2) is 8.52. The maximum atomic E-state index is 6.18. The fourth-order valence-corrected chi connectivity index (χ4v) is 2.40. The van der Waals surface area contributed by atoms with Gasteiger partial charge in [0.25, 0.3) is 0 Å². The van der Waals surface area contributed by atoms with Gasteiger partial charge >= 0.3 is 0 Å². The molecule has 1 N–H and O–H groups in total. The van der Waals surface area contributed by atoms with Crippen LogP contribution in [0.15, 0.2) is 24.3 Å². The molecule has 1 unspecified atom stereocenters. The van der Waals surface area contributed by atoms with Crippen LogP contribution in [0.4, 0.5) is 0 Å². The van der Waals surface area contributed by atoms with Crippen LogP contribution in [0.5, 0.6) is 0 Å². The van der Waals surface area contributed by atoms with Gasteiger partial charge in [-0.05, 0) is 51.2 Å². The molecule has 0 spiro atoms. The first kappa shape index (κ1) is 15.5. The van der Waals surface area contributed by atoms with Crippen LogP contribution in [0.1, 0.15) is 38.8 Å². The van der Waals surface area contributed by atoms with Crippen LogP contribution in [-0.4, -0.2) is 31.1 Å². The van der Waals surface area contributed by atoms with Crippen LogP contribution in [-0.2, 0) is 0 Å². The Morgan fingerprint density at radius 2 is 1.89 bits per heavy atom. The highest BCUT2D eigenvalue weighted by Gasteiger charge is 2.07. The van der Waals surface area contributed by atoms with E-state index in [2.05, 4.69) is 37.1 Å². The number of hydrogen-bond acceptors (Lipinski definition) is 2. The second-order valence-electron chi connectivity index (χ2n) is 4.58. The first-order valence-electron chi connectivity index (χ1n) is 6.89. The van der Waals surface area contributed by atoms with Crippen LogP contribution >= 0.6 is 11.6 Å². The Hall–Kier alpha value is -0.570. The highest BCUT2D eigenvalue weighted by atomic mass is 35.5. The highest BCUT2D eigenvalue weighted by Crippen LogP contribution is 2.21. The minimum absolute atomic E-state index is 0.315. The summed E-state index contributed by atoms with van der Waals surface area (Å²) >= 11 is 6.18. The van der Waals surface area contributed by atoms with E-state index in [1.807, 2.05) is 18.2 Å². The lowest BCUT2D eigenvalue weighted by Gasteiger charge is -2.19. The molecule has 0 fully saturated rings. The summed E-state index contributed by atoms with van der Waals surface area (Å²) in [4.78, 5) is 2.45. The van der Waals surface area contributed by atoms with Crippen molar-refractivity contribution >= 4 is 11.6 Å². The van der Waals surface area contributed by atoms with Gasteiger partial charge in [0.15, 0.2) is 0 Å². The molecule has 0 radical (unpaired) electrons. The van der Waals surface area contributed by atoms with Crippen molar-refractivity contribution in [2.75, 3.05) is 26.2 Å². The average molecular weight is 269 g/mol. The van der Waals surface area contributed by atoms with E-state index in [0.717, 1.165) is 31.2 Å². The Balaban J connectivity index is 2.29.